The Hall–Kier alpha value is -0.220. The van der Waals surface area contributed by atoms with Crippen molar-refractivity contribution in [2.45, 2.75) is 33.6 Å². The molecule has 0 bridgehead atoms. The van der Waals surface area contributed by atoms with Gasteiger partial charge in [-0.2, -0.15) is 0 Å². The van der Waals surface area contributed by atoms with Gasteiger partial charge >= 0.3 is 0 Å². The monoisotopic (exact) mass is 310 g/mol. The average molecular weight is 310 g/mol. The third-order valence-electron chi connectivity index (χ3n) is 2.00. The van der Waals surface area contributed by atoms with Gasteiger partial charge in [0, 0.05) is 6.66 Å². The molecule has 0 aliphatic carbocycles. The fraction of sp³-hybridized carbons (Fsp3) is 0.636. The van der Waals surface area contributed by atoms with Gasteiger partial charge in [-0.15, -0.1) is 0 Å². The number of hydrogen-bond acceptors (Lipinski definition) is 6. The van der Waals surface area contributed by atoms with Gasteiger partial charge in [0.2, 0.25) is 0 Å². The number of hydrogen-bond donors (Lipinski definition) is 0. The summed E-state index contributed by atoms with van der Waals surface area (Å²) in [6, 6.07) is 0. The van der Waals surface area contributed by atoms with Crippen molar-refractivity contribution in [3.63, 3.8) is 0 Å². The standard InChI is InChI=1S/C11H22O6P2/c1-10(2)6-5-7-11(3)8-9-16-19(14,15)17-18(4,12)13/h6,8H,5,7,9H2,1-4H3,(H,12,13)(H,14,15)/p-2/b11-8+. The third-order valence-corrected chi connectivity index (χ3v) is 4.46. The highest BCUT2D eigenvalue weighted by Gasteiger charge is 2.13. The summed E-state index contributed by atoms with van der Waals surface area (Å²) in [6.07, 6.45) is 5.30. The van der Waals surface area contributed by atoms with E-state index in [1.54, 1.807) is 6.08 Å². The first-order valence-electron chi connectivity index (χ1n) is 5.76. The Labute approximate surface area is 114 Å². The van der Waals surface area contributed by atoms with E-state index in [-0.39, 0.29) is 6.61 Å². The van der Waals surface area contributed by atoms with E-state index < -0.39 is 15.4 Å². The molecular weight excluding hydrogens is 290 g/mol. The maximum absolute atomic E-state index is 11.1. The lowest BCUT2D eigenvalue weighted by atomic mass is 10.1. The van der Waals surface area contributed by atoms with Crippen LogP contribution in [0, 0.1) is 0 Å². The molecule has 8 heteroatoms. The summed E-state index contributed by atoms with van der Waals surface area (Å²) in [5.41, 5.74) is 2.18. The highest BCUT2D eigenvalue weighted by Crippen LogP contribution is 2.52. The molecule has 6 nitrogen and oxygen atoms in total. The average Bonchev–Trinajstić information content (AvgIpc) is 2.12. The Morgan fingerprint density at radius 2 is 1.74 bits per heavy atom. The first-order chi connectivity index (χ1) is 8.52. The summed E-state index contributed by atoms with van der Waals surface area (Å²) in [5.74, 6) is 0. The molecule has 0 rings (SSSR count). The normalized spacial score (nSPS) is 18.5. The fourth-order valence-corrected chi connectivity index (χ4v) is 3.07. The van der Waals surface area contributed by atoms with E-state index in [9.17, 15) is 18.9 Å². The third kappa shape index (κ3) is 12.6. The fourth-order valence-electron chi connectivity index (χ4n) is 1.17. The van der Waals surface area contributed by atoms with Crippen LogP contribution in [0.2, 0.25) is 0 Å². The van der Waals surface area contributed by atoms with E-state index in [0.717, 1.165) is 18.4 Å². The summed E-state index contributed by atoms with van der Waals surface area (Å²) in [6.45, 7) is 6.28. The highest BCUT2D eigenvalue weighted by atomic mass is 31.3. The Balaban J connectivity index is 4.16. The Bertz CT molecular complexity index is 430. The number of allylic oxidation sites excluding steroid dienone is 3. The molecular formula is C11H20O6P2-2. The molecule has 0 fully saturated rings. The molecule has 0 aromatic rings. The second-order valence-corrected chi connectivity index (χ2v) is 7.82. The predicted octanol–water partition coefficient (Wildman–Crippen LogP) is 2.36. The van der Waals surface area contributed by atoms with Gasteiger partial charge < -0.3 is 18.9 Å². The van der Waals surface area contributed by atoms with E-state index in [1.807, 2.05) is 20.8 Å². The van der Waals surface area contributed by atoms with Crippen molar-refractivity contribution >= 4 is 15.4 Å². The van der Waals surface area contributed by atoms with Crippen LogP contribution in [-0.4, -0.2) is 13.3 Å². The topological polar surface area (TPSA) is 98.7 Å². The quantitative estimate of drug-likeness (QED) is 0.504. The van der Waals surface area contributed by atoms with Gasteiger partial charge in [-0.25, -0.2) is 0 Å². The van der Waals surface area contributed by atoms with E-state index in [4.69, 9.17) is 0 Å². The van der Waals surface area contributed by atoms with E-state index in [2.05, 4.69) is 14.9 Å². The van der Waals surface area contributed by atoms with E-state index >= 15 is 0 Å². The van der Waals surface area contributed by atoms with Crippen LogP contribution < -0.4 is 9.79 Å². The Morgan fingerprint density at radius 3 is 2.21 bits per heavy atom. The second-order valence-electron chi connectivity index (χ2n) is 4.47. The Kier molecular flexibility index (Phi) is 8.06. The van der Waals surface area contributed by atoms with Crippen molar-refractivity contribution in [1.82, 2.24) is 0 Å². The summed E-state index contributed by atoms with van der Waals surface area (Å²) >= 11 is 0. The molecule has 2 unspecified atom stereocenters. The number of phosphoric ester groups is 1. The summed E-state index contributed by atoms with van der Waals surface area (Å²) in [4.78, 5) is 21.8. The van der Waals surface area contributed by atoms with Crippen molar-refractivity contribution in [2.75, 3.05) is 13.3 Å². The molecule has 0 aromatic heterocycles. The molecule has 0 aliphatic heterocycles. The van der Waals surface area contributed by atoms with Crippen LogP contribution in [0.15, 0.2) is 23.3 Å². The minimum atomic E-state index is -4.79. The molecule has 0 aromatic carbocycles. The van der Waals surface area contributed by atoms with Crippen LogP contribution in [-0.2, 0) is 18.0 Å². The van der Waals surface area contributed by atoms with Crippen LogP contribution in [0.5, 0.6) is 0 Å². The molecule has 0 heterocycles. The lowest BCUT2D eigenvalue weighted by Crippen LogP contribution is -2.11. The lowest BCUT2D eigenvalue weighted by molar-refractivity contribution is -0.230. The van der Waals surface area contributed by atoms with Gasteiger partial charge in [0.1, 0.15) is 7.60 Å². The van der Waals surface area contributed by atoms with Crippen LogP contribution >= 0.6 is 15.4 Å². The zero-order valence-electron chi connectivity index (χ0n) is 11.6. The van der Waals surface area contributed by atoms with Crippen molar-refractivity contribution in [3.05, 3.63) is 23.3 Å². The van der Waals surface area contributed by atoms with Crippen LogP contribution in [0.25, 0.3) is 0 Å². The van der Waals surface area contributed by atoms with Crippen LogP contribution in [0.4, 0.5) is 0 Å². The van der Waals surface area contributed by atoms with Crippen LogP contribution in [0.3, 0.4) is 0 Å². The van der Waals surface area contributed by atoms with Gasteiger partial charge in [0.25, 0.3) is 7.82 Å². The first-order valence-corrected chi connectivity index (χ1v) is 9.21. The smallest absolute Gasteiger partial charge is 0.273 e. The lowest BCUT2D eigenvalue weighted by Gasteiger charge is -2.28. The number of rotatable bonds is 8. The summed E-state index contributed by atoms with van der Waals surface area (Å²) in [5, 5.41) is 0. The van der Waals surface area contributed by atoms with Gasteiger partial charge in [0.15, 0.2) is 0 Å². The van der Waals surface area contributed by atoms with Crippen molar-refractivity contribution in [3.8, 4) is 0 Å². The minimum absolute atomic E-state index is 0.235. The maximum Gasteiger partial charge on any atom is 0.273 e. The molecule has 2 atom stereocenters. The molecule has 0 radical (unpaired) electrons. The molecule has 0 amide bonds. The second kappa shape index (κ2) is 8.15. The van der Waals surface area contributed by atoms with Gasteiger partial charge in [-0.1, -0.05) is 23.3 Å². The molecule has 0 N–H and O–H groups in total. The van der Waals surface area contributed by atoms with Crippen LogP contribution in [0.1, 0.15) is 33.6 Å². The van der Waals surface area contributed by atoms with Crippen molar-refractivity contribution in [1.29, 1.82) is 0 Å². The zero-order chi connectivity index (χ0) is 15.1. The predicted molar refractivity (Wildman–Crippen MR) is 70.6 cm³/mol. The molecule has 0 spiro atoms. The highest BCUT2D eigenvalue weighted by molar-refractivity contribution is 7.62. The van der Waals surface area contributed by atoms with Gasteiger partial charge in [-0.05, 0) is 33.6 Å². The first kappa shape index (κ1) is 18.8. The van der Waals surface area contributed by atoms with Crippen molar-refractivity contribution < 1.29 is 27.8 Å². The SMILES string of the molecule is CC(C)=CCC/C(C)=C/COP(=O)([O-])OP(C)(=O)[O-]. The summed E-state index contributed by atoms with van der Waals surface area (Å²) in [7, 11) is -9.15. The maximum atomic E-state index is 11.1. The molecule has 112 valence electrons. The van der Waals surface area contributed by atoms with Gasteiger partial charge in [-0.3, -0.25) is 8.88 Å². The summed E-state index contributed by atoms with van der Waals surface area (Å²) < 4.78 is 30.1. The molecule has 0 saturated heterocycles. The molecule has 19 heavy (non-hydrogen) atoms. The Morgan fingerprint density at radius 1 is 1.16 bits per heavy atom. The van der Waals surface area contributed by atoms with Crippen molar-refractivity contribution in [2.24, 2.45) is 0 Å². The largest absolute Gasteiger partial charge is 0.778 e. The number of phosphoric acid groups is 1. The molecule has 0 aliphatic rings. The van der Waals surface area contributed by atoms with E-state index in [1.165, 1.54) is 5.57 Å². The van der Waals surface area contributed by atoms with E-state index in [0.29, 0.717) is 6.66 Å². The zero-order valence-corrected chi connectivity index (χ0v) is 13.4. The molecule has 0 saturated carbocycles. The minimum Gasteiger partial charge on any atom is -0.778 e. The van der Waals surface area contributed by atoms with Gasteiger partial charge in [0.05, 0.1) is 6.61 Å².